The first-order valence-electron chi connectivity index (χ1n) is 8.72. The fourth-order valence-electron chi connectivity index (χ4n) is 3.45. The van der Waals surface area contributed by atoms with E-state index in [4.69, 9.17) is 9.15 Å². The number of carbonyl (C=O) groups excluding carboxylic acids is 1. The number of amides is 2. The highest BCUT2D eigenvalue weighted by atomic mass is 16.5. The number of hydrogen-bond donors (Lipinski definition) is 2. The number of carbonyl (C=O) groups is 1. The third-order valence-electron chi connectivity index (χ3n) is 4.75. The van der Waals surface area contributed by atoms with Gasteiger partial charge in [0, 0.05) is 25.7 Å². The largest absolute Gasteiger partial charge is 0.468 e. The Morgan fingerprint density at radius 3 is 2.74 bits per heavy atom. The second-order valence-corrected chi connectivity index (χ2v) is 6.37. The number of furan rings is 1. The van der Waals surface area contributed by atoms with E-state index >= 15 is 0 Å². The first kappa shape index (κ1) is 16.3. The number of rotatable bonds is 5. The number of nitrogens with one attached hydrogen (secondary N) is 2. The Morgan fingerprint density at radius 2 is 2.04 bits per heavy atom. The summed E-state index contributed by atoms with van der Waals surface area (Å²) in [5.74, 6) is 0.893. The number of nitrogens with zero attached hydrogens (tertiary/aromatic N) is 1. The van der Waals surface area contributed by atoms with Gasteiger partial charge in [0.05, 0.1) is 25.5 Å². The molecule has 3 rings (SSSR count). The van der Waals surface area contributed by atoms with E-state index in [0.717, 1.165) is 44.9 Å². The van der Waals surface area contributed by atoms with Crippen molar-refractivity contribution in [3.05, 3.63) is 24.2 Å². The summed E-state index contributed by atoms with van der Waals surface area (Å²) in [4.78, 5) is 14.5. The van der Waals surface area contributed by atoms with E-state index in [0.29, 0.717) is 12.6 Å². The van der Waals surface area contributed by atoms with E-state index in [9.17, 15) is 4.79 Å². The highest BCUT2D eigenvalue weighted by Gasteiger charge is 2.25. The molecule has 23 heavy (non-hydrogen) atoms. The van der Waals surface area contributed by atoms with E-state index in [1.54, 1.807) is 6.26 Å². The van der Waals surface area contributed by atoms with E-state index in [1.165, 1.54) is 19.3 Å². The van der Waals surface area contributed by atoms with Crippen LogP contribution in [0.15, 0.2) is 22.8 Å². The van der Waals surface area contributed by atoms with Crippen LogP contribution in [0.3, 0.4) is 0 Å². The van der Waals surface area contributed by atoms with Gasteiger partial charge in [-0.15, -0.1) is 0 Å². The maximum Gasteiger partial charge on any atom is 0.315 e. The summed E-state index contributed by atoms with van der Waals surface area (Å²) >= 11 is 0. The van der Waals surface area contributed by atoms with Crippen LogP contribution < -0.4 is 10.6 Å². The molecule has 0 bridgehead atoms. The number of hydrogen-bond acceptors (Lipinski definition) is 4. The first-order chi connectivity index (χ1) is 11.3. The molecule has 1 aliphatic heterocycles. The van der Waals surface area contributed by atoms with Gasteiger partial charge < -0.3 is 19.8 Å². The lowest BCUT2D eigenvalue weighted by molar-refractivity contribution is 0.0123. The molecule has 0 spiro atoms. The SMILES string of the molecule is O=C(NC[C@H](c1ccco1)N1CCOCC1)NC1CCCCC1. The van der Waals surface area contributed by atoms with Crippen LogP contribution >= 0.6 is 0 Å². The van der Waals surface area contributed by atoms with Crippen molar-refractivity contribution < 1.29 is 13.9 Å². The fraction of sp³-hybridized carbons (Fsp3) is 0.706. The van der Waals surface area contributed by atoms with Crippen LogP contribution in [-0.4, -0.2) is 49.8 Å². The maximum absolute atomic E-state index is 12.2. The van der Waals surface area contributed by atoms with Gasteiger partial charge in [0.2, 0.25) is 0 Å². The zero-order valence-electron chi connectivity index (χ0n) is 13.6. The van der Waals surface area contributed by atoms with Gasteiger partial charge in [-0.2, -0.15) is 0 Å². The third kappa shape index (κ3) is 4.72. The minimum absolute atomic E-state index is 0.0611. The Bertz CT molecular complexity index is 465. The normalized spacial score (nSPS) is 21.7. The Hall–Kier alpha value is -1.53. The Morgan fingerprint density at radius 1 is 1.26 bits per heavy atom. The van der Waals surface area contributed by atoms with Gasteiger partial charge in [-0.05, 0) is 25.0 Å². The summed E-state index contributed by atoms with van der Waals surface area (Å²) in [5.41, 5.74) is 0. The monoisotopic (exact) mass is 321 g/mol. The van der Waals surface area contributed by atoms with Gasteiger partial charge in [0.1, 0.15) is 5.76 Å². The molecule has 0 aromatic carbocycles. The smallest absolute Gasteiger partial charge is 0.315 e. The third-order valence-corrected chi connectivity index (χ3v) is 4.75. The molecule has 128 valence electrons. The summed E-state index contributed by atoms with van der Waals surface area (Å²) in [5, 5.41) is 6.12. The van der Waals surface area contributed by atoms with Crippen molar-refractivity contribution >= 4 is 6.03 Å². The van der Waals surface area contributed by atoms with Crippen molar-refractivity contribution in [1.82, 2.24) is 15.5 Å². The Labute approximate surface area is 137 Å². The van der Waals surface area contributed by atoms with E-state index in [1.807, 2.05) is 12.1 Å². The van der Waals surface area contributed by atoms with Crippen LogP contribution in [0.4, 0.5) is 4.79 Å². The molecule has 1 aliphatic carbocycles. The molecule has 0 unspecified atom stereocenters. The van der Waals surface area contributed by atoms with Crippen LogP contribution in [0.25, 0.3) is 0 Å². The Kier molecular flexibility index (Phi) is 5.93. The van der Waals surface area contributed by atoms with E-state index in [-0.39, 0.29) is 12.1 Å². The van der Waals surface area contributed by atoms with Crippen LogP contribution in [-0.2, 0) is 4.74 Å². The minimum Gasteiger partial charge on any atom is -0.468 e. The quantitative estimate of drug-likeness (QED) is 0.873. The van der Waals surface area contributed by atoms with Crippen molar-refractivity contribution in [2.45, 2.75) is 44.2 Å². The van der Waals surface area contributed by atoms with Gasteiger partial charge in [0.25, 0.3) is 0 Å². The van der Waals surface area contributed by atoms with E-state index < -0.39 is 0 Å². The second kappa shape index (κ2) is 8.36. The average Bonchev–Trinajstić information content (AvgIpc) is 3.11. The van der Waals surface area contributed by atoms with Gasteiger partial charge in [-0.25, -0.2) is 4.79 Å². The topological polar surface area (TPSA) is 66.7 Å². The first-order valence-corrected chi connectivity index (χ1v) is 8.72. The molecule has 2 amide bonds. The molecule has 2 fully saturated rings. The molecule has 1 saturated carbocycles. The van der Waals surface area contributed by atoms with Crippen molar-refractivity contribution in [2.75, 3.05) is 32.8 Å². The number of ether oxygens (including phenoxy) is 1. The summed E-state index contributed by atoms with van der Waals surface area (Å²) in [7, 11) is 0. The highest BCUT2D eigenvalue weighted by Crippen LogP contribution is 2.22. The molecule has 1 saturated heterocycles. The summed E-state index contributed by atoms with van der Waals surface area (Å²) in [6, 6.07) is 4.19. The zero-order chi connectivity index (χ0) is 15.9. The predicted octanol–water partition coefficient (Wildman–Crippen LogP) is 2.28. The predicted molar refractivity (Wildman–Crippen MR) is 87.2 cm³/mol. The Balaban J connectivity index is 1.52. The average molecular weight is 321 g/mol. The van der Waals surface area contributed by atoms with Gasteiger partial charge >= 0.3 is 6.03 Å². The van der Waals surface area contributed by atoms with Crippen molar-refractivity contribution in [3.8, 4) is 0 Å². The molecule has 2 N–H and O–H groups in total. The fourth-order valence-corrected chi connectivity index (χ4v) is 3.45. The van der Waals surface area contributed by atoms with Crippen LogP contribution in [0.1, 0.15) is 43.9 Å². The van der Waals surface area contributed by atoms with Crippen molar-refractivity contribution in [1.29, 1.82) is 0 Å². The maximum atomic E-state index is 12.2. The molecule has 2 heterocycles. The van der Waals surface area contributed by atoms with Crippen LogP contribution in [0.2, 0.25) is 0 Å². The number of urea groups is 1. The molecule has 1 atom stereocenters. The van der Waals surface area contributed by atoms with Crippen molar-refractivity contribution in [2.24, 2.45) is 0 Å². The van der Waals surface area contributed by atoms with Crippen LogP contribution in [0.5, 0.6) is 0 Å². The van der Waals surface area contributed by atoms with Crippen LogP contribution in [0, 0.1) is 0 Å². The summed E-state index contributed by atoms with van der Waals surface area (Å²) in [6.45, 7) is 3.72. The van der Waals surface area contributed by atoms with E-state index in [2.05, 4.69) is 15.5 Å². The van der Waals surface area contributed by atoms with Crippen molar-refractivity contribution in [3.63, 3.8) is 0 Å². The molecular weight excluding hydrogens is 294 g/mol. The molecular formula is C17H27N3O3. The molecule has 1 aromatic rings. The minimum atomic E-state index is -0.0679. The molecule has 6 nitrogen and oxygen atoms in total. The lowest BCUT2D eigenvalue weighted by Crippen LogP contribution is -2.47. The highest BCUT2D eigenvalue weighted by molar-refractivity contribution is 5.74. The second-order valence-electron chi connectivity index (χ2n) is 6.37. The molecule has 2 aliphatic rings. The summed E-state index contributed by atoms with van der Waals surface area (Å²) < 4.78 is 11.0. The molecule has 0 radical (unpaired) electrons. The van der Waals surface area contributed by atoms with Gasteiger partial charge in [-0.3, -0.25) is 4.90 Å². The van der Waals surface area contributed by atoms with Gasteiger partial charge in [0.15, 0.2) is 0 Å². The standard InChI is InChI=1S/C17H27N3O3/c21-17(19-14-5-2-1-3-6-14)18-13-15(16-7-4-10-23-16)20-8-11-22-12-9-20/h4,7,10,14-15H,1-3,5-6,8-9,11-13H2,(H2,18,19,21)/t15-/m1/s1. The summed E-state index contributed by atoms with van der Waals surface area (Å²) in [6.07, 6.45) is 7.60. The lowest BCUT2D eigenvalue weighted by atomic mass is 9.96. The zero-order valence-corrected chi connectivity index (χ0v) is 13.6. The van der Waals surface area contributed by atoms with Gasteiger partial charge in [-0.1, -0.05) is 19.3 Å². The molecule has 1 aromatic heterocycles. The molecule has 6 heteroatoms. The number of morpholine rings is 1. The lowest BCUT2D eigenvalue weighted by Gasteiger charge is -2.33.